The topological polar surface area (TPSA) is 57.2 Å². The number of amides is 1. The molecule has 7 heteroatoms. The molecule has 2 aromatic rings. The zero-order valence-electron chi connectivity index (χ0n) is 18.1. The lowest BCUT2D eigenvalue weighted by Crippen LogP contribution is -2.55. The van der Waals surface area contributed by atoms with Crippen LogP contribution in [0.2, 0.25) is 0 Å². The quantitative estimate of drug-likeness (QED) is 0.804. The predicted molar refractivity (Wildman–Crippen MR) is 119 cm³/mol. The average molecular weight is 423 g/mol. The summed E-state index contributed by atoms with van der Waals surface area (Å²) in [6.45, 7) is 6.37. The molecule has 6 nitrogen and oxygen atoms in total. The summed E-state index contributed by atoms with van der Waals surface area (Å²) in [4.78, 5) is 16.6. The van der Waals surface area contributed by atoms with Gasteiger partial charge in [-0.3, -0.25) is 4.79 Å². The molecule has 3 aliphatic rings. The maximum atomic E-state index is 14.9. The van der Waals surface area contributed by atoms with Crippen molar-refractivity contribution in [3.05, 3.63) is 47.8 Å². The van der Waals surface area contributed by atoms with Crippen molar-refractivity contribution < 1.29 is 13.9 Å². The number of ether oxygens (including phenoxy) is 1. The number of piperidine rings is 1. The highest BCUT2D eigenvalue weighted by molar-refractivity contribution is 6.09. The van der Waals surface area contributed by atoms with E-state index in [-0.39, 0.29) is 24.2 Å². The van der Waals surface area contributed by atoms with Crippen LogP contribution in [-0.4, -0.2) is 49.4 Å². The number of hydrogen-bond acceptors (Lipinski definition) is 5. The molecule has 0 bridgehead atoms. The first-order valence-corrected chi connectivity index (χ1v) is 10.8. The molecule has 0 aliphatic carbocycles. The molecular weight excluding hydrogens is 395 g/mol. The van der Waals surface area contributed by atoms with Crippen LogP contribution in [0, 0.1) is 11.7 Å². The van der Waals surface area contributed by atoms with Crippen LogP contribution in [0.3, 0.4) is 0 Å². The molecule has 2 aromatic carbocycles. The number of likely N-dealkylation sites (tertiary alicyclic amines) is 1. The highest BCUT2D eigenvalue weighted by atomic mass is 19.1. The number of hydrazone groups is 1. The van der Waals surface area contributed by atoms with Crippen molar-refractivity contribution in [3.63, 3.8) is 0 Å². The maximum Gasteiger partial charge on any atom is 0.262 e. The van der Waals surface area contributed by atoms with Gasteiger partial charge >= 0.3 is 0 Å². The van der Waals surface area contributed by atoms with Crippen molar-refractivity contribution in [3.8, 4) is 16.9 Å². The van der Waals surface area contributed by atoms with Crippen LogP contribution in [0.4, 0.5) is 10.1 Å². The van der Waals surface area contributed by atoms with Gasteiger partial charge in [0.1, 0.15) is 24.2 Å². The summed E-state index contributed by atoms with van der Waals surface area (Å²) >= 11 is 0. The van der Waals surface area contributed by atoms with Crippen molar-refractivity contribution in [2.24, 2.45) is 11.0 Å². The van der Waals surface area contributed by atoms with E-state index in [1.807, 2.05) is 30.0 Å². The van der Waals surface area contributed by atoms with Gasteiger partial charge in [-0.1, -0.05) is 25.1 Å². The van der Waals surface area contributed by atoms with Crippen molar-refractivity contribution in [1.29, 1.82) is 0 Å². The molecule has 1 fully saturated rings. The molecule has 31 heavy (non-hydrogen) atoms. The van der Waals surface area contributed by atoms with E-state index >= 15 is 0 Å². The molecule has 3 heterocycles. The summed E-state index contributed by atoms with van der Waals surface area (Å²) in [5.74, 6) is 1.65. The Balaban J connectivity index is 1.70. The number of anilines is 1. The van der Waals surface area contributed by atoms with Crippen molar-refractivity contribution in [1.82, 2.24) is 10.3 Å². The number of nitrogens with zero attached hydrogens (tertiary/aromatic N) is 3. The third kappa shape index (κ3) is 3.37. The van der Waals surface area contributed by atoms with Crippen molar-refractivity contribution in [2.45, 2.75) is 32.2 Å². The SMILES string of the molecule is CC1C(=O)NN=C2COc3cc(-c4ccccc4F)c([C@H]4CCN(C)C[C@H]4C)cc3N21. The second-order valence-corrected chi connectivity index (χ2v) is 8.86. The molecular formula is C24H27FN4O2. The van der Waals surface area contributed by atoms with E-state index in [9.17, 15) is 9.18 Å². The Hall–Kier alpha value is -2.93. The Morgan fingerprint density at radius 1 is 1.19 bits per heavy atom. The Morgan fingerprint density at radius 2 is 2.00 bits per heavy atom. The third-order valence-corrected chi connectivity index (χ3v) is 6.76. The lowest BCUT2D eigenvalue weighted by molar-refractivity contribution is -0.122. The molecule has 3 atom stereocenters. The van der Waals surface area contributed by atoms with E-state index < -0.39 is 6.04 Å². The van der Waals surface area contributed by atoms with Gasteiger partial charge in [0.05, 0.1) is 5.69 Å². The molecule has 0 spiro atoms. The molecule has 0 aromatic heterocycles. The highest BCUT2D eigenvalue weighted by Gasteiger charge is 2.37. The van der Waals surface area contributed by atoms with Crippen molar-refractivity contribution >= 4 is 17.4 Å². The second kappa shape index (κ2) is 7.64. The number of halogens is 1. The smallest absolute Gasteiger partial charge is 0.262 e. The van der Waals surface area contributed by atoms with E-state index in [4.69, 9.17) is 4.74 Å². The number of nitrogens with one attached hydrogen (secondary N) is 1. The van der Waals surface area contributed by atoms with E-state index in [1.165, 1.54) is 6.07 Å². The fourth-order valence-corrected chi connectivity index (χ4v) is 5.12. The van der Waals surface area contributed by atoms with Gasteiger partial charge in [0.15, 0.2) is 5.84 Å². The lowest BCUT2D eigenvalue weighted by atomic mass is 9.78. The van der Waals surface area contributed by atoms with E-state index in [0.29, 0.717) is 23.1 Å². The first kappa shape index (κ1) is 20.0. The minimum atomic E-state index is -0.391. The molecule has 3 aliphatic heterocycles. The fraction of sp³-hybridized carbons (Fsp3) is 0.417. The molecule has 1 amide bonds. The van der Waals surface area contributed by atoms with Gasteiger partial charge in [-0.2, -0.15) is 5.10 Å². The number of hydrogen-bond donors (Lipinski definition) is 1. The van der Waals surface area contributed by atoms with Gasteiger partial charge in [0.25, 0.3) is 5.91 Å². The second-order valence-electron chi connectivity index (χ2n) is 8.86. The minimum Gasteiger partial charge on any atom is -0.483 e. The molecule has 1 unspecified atom stereocenters. The summed E-state index contributed by atoms with van der Waals surface area (Å²) in [6, 6.07) is 10.6. The lowest BCUT2D eigenvalue weighted by Gasteiger charge is -2.40. The number of benzene rings is 2. The summed E-state index contributed by atoms with van der Waals surface area (Å²) in [5, 5.41) is 4.19. The van der Waals surface area contributed by atoms with E-state index in [2.05, 4.69) is 35.5 Å². The normalized spacial score (nSPS) is 25.8. The molecule has 1 N–H and O–H groups in total. The van der Waals surface area contributed by atoms with Gasteiger partial charge in [-0.15, -0.1) is 0 Å². The van der Waals surface area contributed by atoms with Gasteiger partial charge in [-0.05, 0) is 68.1 Å². The van der Waals surface area contributed by atoms with Crippen LogP contribution < -0.4 is 15.1 Å². The maximum absolute atomic E-state index is 14.9. The Kier molecular flexibility index (Phi) is 4.93. The monoisotopic (exact) mass is 422 g/mol. The summed E-state index contributed by atoms with van der Waals surface area (Å²) in [7, 11) is 2.14. The predicted octanol–water partition coefficient (Wildman–Crippen LogP) is 3.58. The van der Waals surface area contributed by atoms with Crippen LogP contribution in [0.1, 0.15) is 31.7 Å². The first-order valence-electron chi connectivity index (χ1n) is 10.8. The van der Waals surface area contributed by atoms with E-state index in [1.54, 1.807) is 6.07 Å². The van der Waals surface area contributed by atoms with Gasteiger partial charge in [0, 0.05) is 12.1 Å². The average Bonchev–Trinajstić information content (AvgIpc) is 2.75. The molecule has 0 radical (unpaired) electrons. The summed E-state index contributed by atoms with van der Waals surface area (Å²) in [5.41, 5.74) is 5.95. The van der Waals surface area contributed by atoms with Crippen LogP contribution >= 0.6 is 0 Å². The molecule has 5 rings (SSSR count). The van der Waals surface area contributed by atoms with Crippen LogP contribution in [0.25, 0.3) is 11.1 Å². The Morgan fingerprint density at radius 3 is 2.77 bits per heavy atom. The highest BCUT2D eigenvalue weighted by Crippen LogP contribution is 2.46. The minimum absolute atomic E-state index is 0.149. The van der Waals surface area contributed by atoms with Gasteiger partial charge < -0.3 is 14.5 Å². The Bertz CT molecular complexity index is 1070. The van der Waals surface area contributed by atoms with Crippen LogP contribution in [-0.2, 0) is 4.79 Å². The standard InChI is InChI=1S/C24H27FN4O2/c1-14-12-28(3)9-8-16(14)18-10-21-22(11-19(18)17-6-4-5-7-20(17)25)31-13-23-26-27-24(30)15(2)29(21)23/h4-7,10-11,14-16H,8-9,12-13H2,1-3H3,(H,27,30)/t14-,15?,16+/m1/s1. The summed E-state index contributed by atoms with van der Waals surface area (Å²) < 4.78 is 20.9. The number of carbonyl (C=O) groups is 1. The first-order chi connectivity index (χ1) is 14.9. The molecule has 1 saturated heterocycles. The Labute approximate surface area is 181 Å². The van der Waals surface area contributed by atoms with Crippen LogP contribution in [0.15, 0.2) is 41.5 Å². The number of amidine groups is 1. The van der Waals surface area contributed by atoms with Gasteiger partial charge in [-0.25, -0.2) is 9.82 Å². The zero-order chi connectivity index (χ0) is 21.7. The van der Waals surface area contributed by atoms with Crippen molar-refractivity contribution in [2.75, 3.05) is 31.6 Å². The molecule has 162 valence electrons. The number of rotatable bonds is 2. The fourth-order valence-electron chi connectivity index (χ4n) is 5.12. The van der Waals surface area contributed by atoms with Gasteiger partial charge in [0.2, 0.25) is 0 Å². The number of fused-ring (bicyclic) bond motifs is 3. The third-order valence-electron chi connectivity index (χ3n) is 6.76. The molecule has 0 saturated carbocycles. The largest absolute Gasteiger partial charge is 0.483 e. The number of carbonyl (C=O) groups excluding carboxylic acids is 1. The van der Waals surface area contributed by atoms with Crippen LogP contribution in [0.5, 0.6) is 5.75 Å². The zero-order valence-corrected chi connectivity index (χ0v) is 18.1. The van der Waals surface area contributed by atoms with E-state index in [0.717, 1.165) is 36.3 Å². The summed E-state index contributed by atoms with van der Waals surface area (Å²) in [6.07, 6.45) is 0.996.